The summed E-state index contributed by atoms with van der Waals surface area (Å²) >= 11 is 0. The standard InChI is InChI=1S/C21H30N6O5/c1-21(6-7-32-12-21)27(20(29)30)15-5-4-13(8-15)16-10-18(24-23-16)22-19(28)17-9-14(11-31-3)25-26(17)2/h9-10,13,15H,4-8,11-12H2,1-3H3,(H,29,30)(H2,22,23,24,28)/t13-,15+,21?/m0/s1. The predicted octanol–water partition coefficient (Wildman–Crippen LogP) is 2.34. The number of amides is 2. The zero-order chi connectivity index (χ0) is 22.9. The number of nitrogens with zero attached hydrogens (tertiary/aromatic N) is 4. The van der Waals surface area contributed by atoms with E-state index in [9.17, 15) is 14.7 Å². The number of nitrogens with one attached hydrogen (secondary N) is 2. The minimum atomic E-state index is -0.898. The fourth-order valence-electron chi connectivity index (χ4n) is 4.90. The molecule has 32 heavy (non-hydrogen) atoms. The molecule has 174 valence electrons. The maximum atomic E-state index is 12.6. The molecule has 11 nitrogen and oxygen atoms in total. The highest BCUT2D eigenvalue weighted by molar-refractivity contribution is 6.02. The highest BCUT2D eigenvalue weighted by Gasteiger charge is 2.45. The third-order valence-electron chi connectivity index (χ3n) is 6.49. The van der Waals surface area contributed by atoms with Crippen LogP contribution in [0.1, 0.15) is 60.4 Å². The lowest BCUT2D eigenvalue weighted by molar-refractivity contribution is 0.0444. The topological polar surface area (TPSA) is 135 Å². The van der Waals surface area contributed by atoms with Crippen molar-refractivity contribution in [3.05, 3.63) is 29.2 Å². The van der Waals surface area contributed by atoms with E-state index in [1.54, 1.807) is 25.1 Å². The van der Waals surface area contributed by atoms with Crippen molar-refractivity contribution >= 4 is 17.8 Å². The van der Waals surface area contributed by atoms with Gasteiger partial charge in [0.05, 0.1) is 24.4 Å². The van der Waals surface area contributed by atoms with Gasteiger partial charge in [-0.15, -0.1) is 0 Å². The Kier molecular flexibility index (Phi) is 6.20. The largest absolute Gasteiger partial charge is 0.465 e. The van der Waals surface area contributed by atoms with Crippen molar-refractivity contribution < 1.29 is 24.2 Å². The molecule has 1 aliphatic heterocycles. The minimum Gasteiger partial charge on any atom is -0.465 e. The van der Waals surface area contributed by atoms with Crippen LogP contribution in [0.4, 0.5) is 10.6 Å². The lowest BCUT2D eigenvalue weighted by Gasteiger charge is -2.39. The molecule has 2 amide bonds. The molecule has 1 aliphatic carbocycles. The molecule has 11 heteroatoms. The predicted molar refractivity (Wildman–Crippen MR) is 115 cm³/mol. The number of methoxy groups -OCH3 is 1. The van der Waals surface area contributed by atoms with Crippen molar-refractivity contribution in [3.8, 4) is 0 Å². The van der Waals surface area contributed by atoms with Crippen molar-refractivity contribution in [1.29, 1.82) is 0 Å². The Balaban J connectivity index is 1.41. The number of aryl methyl sites for hydroxylation is 1. The highest BCUT2D eigenvalue weighted by Crippen LogP contribution is 2.40. The number of hydrogen-bond donors (Lipinski definition) is 3. The molecule has 2 fully saturated rings. The Bertz CT molecular complexity index is 979. The molecule has 2 aliphatic rings. The summed E-state index contributed by atoms with van der Waals surface area (Å²) in [6.07, 6.45) is 2.15. The maximum absolute atomic E-state index is 12.6. The van der Waals surface area contributed by atoms with E-state index in [1.165, 1.54) is 4.68 Å². The summed E-state index contributed by atoms with van der Waals surface area (Å²) in [5.74, 6) is 0.265. The van der Waals surface area contributed by atoms with Gasteiger partial charge in [0.25, 0.3) is 5.91 Å². The summed E-state index contributed by atoms with van der Waals surface area (Å²) in [4.78, 5) is 26.3. The number of anilines is 1. The molecule has 3 N–H and O–H groups in total. The molecule has 3 atom stereocenters. The van der Waals surface area contributed by atoms with E-state index in [2.05, 4.69) is 20.6 Å². The van der Waals surface area contributed by atoms with E-state index in [0.717, 1.165) is 18.5 Å². The number of hydrogen-bond acceptors (Lipinski definition) is 6. The van der Waals surface area contributed by atoms with E-state index in [0.29, 0.717) is 49.9 Å². The first-order chi connectivity index (χ1) is 15.3. The van der Waals surface area contributed by atoms with E-state index in [1.807, 2.05) is 13.0 Å². The van der Waals surface area contributed by atoms with Crippen LogP contribution in [0, 0.1) is 0 Å². The zero-order valence-electron chi connectivity index (χ0n) is 18.6. The van der Waals surface area contributed by atoms with Gasteiger partial charge in [0.15, 0.2) is 5.82 Å². The van der Waals surface area contributed by atoms with Gasteiger partial charge in [-0.1, -0.05) is 0 Å². The third kappa shape index (κ3) is 4.35. The van der Waals surface area contributed by atoms with Gasteiger partial charge in [-0.2, -0.15) is 10.2 Å². The van der Waals surface area contributed by atoms with Crippen molar-refractivity contribution in [2.75, 3.05) is 25.6 Å². The van der Waals surface area contributed by atoms with Gasteiger partial charge in [0, 0.05) is 44.5 Å². The van der Waals surface area contributed by atoms with Gasteiger partial charge < -0.3 is 19.9 Å². The monoisotopic (exact) mass is 446 g/mol. The second-order valence-corrected chi connectivity index (χ2v) is 8.86. The molecular formula is C21H30N6O5. The van der Waals surface area contributed by atoms with Crippen molar-refractivity contribution in [3.63, 3.8) is 0 Å². The van der Waals surface area contributed by atoms with Crippen molar-refractivity contribution in [2.45, 2.75) is 56.7 Å². The minimum absolute atomic E-state index is 0.0702. The van der Waals surface area contributed by atoms with E-state index in [-0.39, 0.29) is 17.9 Å². The lowest BCUT2D eigenvalue weighted by Crippen LogP contribution is -2.54. The number of rotatable bonds is 7. The number of aromatic amines is 1. The normalized spacial score (nSPS) is 25.2. The van der Waals surface area contributed by atoms with Crippen molar-refractivity contribution in [1.82, 2.24) is 24.9 Å². The summed E-state index contributed by atoms with van der Waals surface area (Å²) in [6.45, 7) is 3.31. The maximum Gasteiger partial charge on any atom is 0.408 e. The van der Waals surface area contributed by atoms with Gasteiger partial charge in [-0.3, -0.25) is 19.5 Å². The number of carboxylic acid groups (broad SMARTS) is 1. The average Bonchev–Trinajstić information content (AvgIpc) is 3.50. The fourth-order valence-corrected chi connectivity index (χ4v) is 4.90. The van der Waals surface area contributed by atoms with Gasteiger partial charge in [-0.05, 0) is 38.7 Å². The Morgan fingerprint density at radius 1 is 1.44 bits per heavy atom. The molecule has 0 radical (unpaired) electrons. The third-order valence-corrected chi connectivity index (χ3v) is 6.49. The molecule has 2 aromatic rings. The highest BCUT2D eigenvalue weighted by atomic mass is 16.5. The molecule has 0 aromatic carbocycles. The van der Waals surface area contributed by atoms with E-state index >= 15 is 0 Å². The fraction of sp³-hybridized carbons (Fsp3) is 0.619. The first kappa shape index (κ1) is 22.3. The Hall–Kier alpha value is -2.92. The summed E-state index contributed by atoms with van der Waals surface area (Å²) in [7, 11) is 3.28. The van der Waals surface area contributed by atoms with Crippen molar-refractivity contribution in [2.24, 2.45) is 7.05 Å². The van der Waals surface area contributed by atoms with Crippen LogP contribution in [0.25, 0.3) is 0 Å². The second kappa shape index (κ2) is 8.91. The van der Waals surface area contributed by atoms with Crippen LogP contribution in [-0.4, -0.2) is 73.9 Å². The SMILES string of the molecule is COCc1cc(C(=O)Nc2cc([C@H]3CC[C@@H](N(C(=O)O)C4(C)CCOC4)C3)[nH]n2)n(C)n1. The number of carbonyl (C=O) groups is 2. The summed E-state index contributed by atoms with van der Waals surface area (Å²) in [5, 5.41) is 24.2. The number of ether oxygens (including phenoxy) is 2. The van der Waals surface area contributed by atoms with Crippen LogP contribution in [-0.2, 0) is 23.1 Å². The quantitative estimate of drug-likeness (QED) is 0.594. The van der Waals surface area contributed by atoms with Crippen LogP contribution >= 0.6 is 0 Å². The molecule has 2 aromatic heterocycles. The molecule has 0 bridgehead atoms. The molecule has 0 spiro atoms. The van der Waals surface area contributed by atoms with Gasteiger partial charge in [-0.25, -0.2) is 4.79 Å². The van der Waals surface area contributed by atoms with E-state index < -0.39 is 11.6 Å². The lowest BCUT2D eigenvalue weighted by atomic mass is 9.96. The van der Waals surface area contributed by atoms with E-state index in [4.69, 9.17) is 9.47 Å². The molecule has 4 rings (SSSR count). The molecule has 1 saturated carbocycles. The molecule has 1 unspecified atom stereocenters. The Morgan fingerprint density at radius 3 is 2.94 bits per heavy atom. The molecule has 3 heterocycles. The first-order valence-corrected chi connectivity index (χ1v) is 10.8. The zero-order valence-corrected chi connectivity index (χ0v) is 18.6. The average molecular weight is 447 g/mol. The molecule has 1 saturated heterocycles. The summed E-state index contributed by atoms with van der Waals surface area (Å²) in [5.41, 5.74) is 1.49. The first-order valence-electron chi connectivity index (χ1n) is 10.8. The van der Waals surface area contributed by atoms with Crippen LogP contribution < -0.4 is 5.32 Å². The molecular weight excluding hydrogens is 416 g/mol. The van der Waals surface area contributed by atoms with Gasteiger partial charge in [0.1, 0.15) is 5.69 Å². The Morgan fingerprint density at radius 2 is 2.25 bits per heavy atom. The number of aromatic nitrogens is 4. The van der Waals surface area contributed by atoms with Crippen LogP contribution in [0.3, 0.4) is 0 Å². The van der Waals surface area contributed by atoms with Gasteiger partial charge in [0.2, 0.25) is 0 Å². The summed E-state index contributed by atoms with van der Waals surface area (Å²) in [6, 6.07) is 3.43. The number of carbonyl (C=O) groups excluding carboxylic acids is 1. The van der Waals surface area contributed by atoms with Crippen LogP contribution in [0.15, 0.2) is 12.1 Å². The smallest absolute Gasteiger partial charge is 0.408 e. The van der Waals surface area contributed by atoms with Crippen LogP contribution in [0.2, 0.25) is 0 Å². The Labute approximate surface area is 186 Å². The second-order valence-electron chi connectivity index (χ2n) is 8.86. The van der Waals surface area contributed by atoms with Gasteiger partial charge >= 0.3 is 6.09 Å². The summed E-state index contributed by atoms with van der Waals surface area (Å²) < 4.78 is 12.1. The number of H-pyrrole nitrogens is 1. The van der Waals surface area contributed by atoms with Crippen LogP contribution in [0.5, 0.6) is 0 Å².